The summed E-state index contributed by atoms with van der Waals surface area (Å²) in [6.45, 7) is 8.61. The highest BCUT2D eigenvalue weighted by Crippen LogP contribution is 2.33. The fourth-order valence-electron chi connectivity index (χ4n) is 2.41. The third-order valence-corrected chi connectivity index (χ3v) is 3.80. The van der Waals surface area contributed by atoms with E-state index in [9.17, 15) is 0 Å². The van der Waals surface area contributed by atoms with Gasteiger partial charge in [-0.05, 0) is 45.4 Å². The van der Waals surface area contributed by atoms with E-state index in [1.54, 1.807) is 7.11 Å². The molecule has 1 aromatic carbocycles. The molecule has 0 aliphatic heterocycles. The van der Waals surface area contributed by atoms with Gasteiger partial charge in [-0.1, -0.05) is 30.7 Å². The Hall–Kier alpha value is -0.860. The number of hydrogen-bond acceptors (Lipinski definition) is 2. The smallest absolute Gasteiger partial charge is 0.0841 e. The lowest BCUT2D eigenvalue weighted by Crippen LogP contribution is -2.41. The van der Waals surface area contributed by atoms with Crippen molar-refractivity contribution in [2.45, 2.75) is 45.8 Å². The molecule has 0 spiro atoms. The number of ether oxygens (including phenoxy) is 1. The van der Waals surface area contributed by atoms with Crippen molar-refractivity contribution in [3.63, 3.8) is 0 Å². The molecule has 0 aromatic heterocycles. The Morgan fingerprint density at radius 2 is 2.00 bits per heavy atom. The summed E-state index contributed by atoms with van der Waals surface area (Å²) in [7, 11) is 3.79. The Kier molecular flexibility index (Phi) is 4.72. The van der Waals surface area contributed by atoms with Crippen LogP contribution >= 0.6 is 0 Å². The highest BCUT2D eigenvalue weighted by molar-refractivity contribution is 5.34. The number of nitrogens with one attached hydrogen (secondary N) is 1. The number of rotatable bonds is 5. The predicted molar refractivity (Wildman–Crippen MR) is 73.4 cm³/mol. The zero-order valence-electron chi connectivity index (χ0n) is 11.9. The predicted octanol–water partition coefficient (Wildman–Crippen LogP) is 3.38. The molecule has 0 heterocycles. The molecule has 0 bridgehead atoms. The van der Waals surface area contributed by atoms with E-state index in [1.165, 1.54) is 16.7 Å². The first-order chi connectivity index (χ1) is 7.98. The van der Waals surface area contributed by atoms with Crippen LogP contribution in [0.5, 0.6) is 0 Å². The van der Waals surface area contributed by atoms with Gasteiger partial charge in [0.1, 0.15) is 0 Å². The Labute approximate surface area is 105 Å². The molecule has 2 unspecified atom stereocenters. The molecular formula is C15H25NO. The SMILES string of the molecule is CCC(C)(OC)C(NC)c1ccc(C)cc1C. The molecule has 0 saturated carbocycles. The molecule has 2 heteroatoms. The van der Waals surface area contributed by atoms with E-state index in [0.29, 0.717) is 0 Å². The van der Waals surface area contributed by atoms with Gasteiger partial charge in [-0.2, -0.15) is 0 Å². The molecule has 2 atom stereocenters. The summed E-state index contributed by atoms with van der Waals surface area (Å²) in [6.07, 6.45) is 0.975. The van der Waals surface area contributed by atoms with Gasteiger partial charge < -0.3 is 10.1 Å². The van der Waals surface area contributed by atoms with Gasteiger partial charge in [0.25, 0.3) is 0 Å². The molecule has 1 N–H and O–H groups in total. The molecular weight excluding hydrogens is 210 g/mol. The third-order valence-electron chi connectivity index (χ3n) is 3.80. The Morgan fingerprint density at radius 3 is 2.41 bits per heavy atom. The standard InChI is InChI=1S/C15H25NO/c1-7-15(4,17-6)14(16-5)13-9-8-11(2)10-12(13)3/h8-10,14,16H,7H2,1-6H3. The van der Waals surface area contributed by atoms with Crippen LogP contribution in [-0.4, -0.2) is 19.8 Å². The van der Waals surface area contributed by atoms with Gasteiger partial charge in [0.05, 0.1) is 11.6 Å². The summed E-state index contributed by atoms with van der Waals surface area (Å²) in [5.41, 5.74) is 3.77. The molecule has 2 nitrogen and oxygen atoms in total. The second-order valence-corrected chi connectivity index (χ2v) is 4.95. The molecule has 1 rings (SSSR count). The molecule has 0 amide bonds. The van der Waals surface area contributed by atoms with E-state index in [4.69, 9.17) is 4.74 Å². The van der Waals surface area contributed by atoms with Gasteiger partial charge >= 0.3 is 0 Å². The molecule has 96 valence electrons. The van der Waals surface area contributed by atoms with E-state index in [1.807, 2.05) is 7.05 Å². The Balaban J connectivity index is 3.17. The summed E-state index contributed by atoms with van der Waals surface area (Å²) in [5, 5.41) is 3.40. The third kappa shape index (κ3) is 2.88. The first kappa shape index (κ1) is 14.2. The molecule has 0 aliphatic rings. The second kappa shape index (κ2) is 5.65. The van der Waals surface area contributed by atoms with E-state index in [-0.39, 0.29) is 11.6 Å². The molecule has 0 radical (unpaired) electrons. The van der Waals surface area contributed by atoms with Crippen LogP contribution in [0.2, 0.25) is 0 Å². The zero-order valence-corrected chi connectivity index (χ0v) is 11.9. The van der Waals surface area contributed by atoms with Crippen molar-refractivity contribution in [3.8, 4) is 0 Å². The Bertz CT molecular complexity index is 369. The van der Waals surface area contributed by atoms with Crippen LogP contribution < -0.4 is 5.32 Å². The van der Waals surface area contributed by atoms with Crippen molar-refractivity contribution in [1.82, 2.24) is 5.32 Å². The van der Waals surface area contributed by atoms with Crippen molar-refractivity contribution < 1.29 is 4.74 Å². The largest absolute Gasteiger partial charge is 0.377 e. The van der Waals surface area contributed by atoms with Crippen LogP contribution in [0.3, 0.4) is 0 Å². The second-order valence-electron chi connectivity index (χ2n) is 4.95. The van der Waals surface area contributed by atoms with Gasteiger partial charge in [0, 0.05) is 7.11 Å². The quantitative estimate of drug-likeness (QED) is 0.844. The minimum atomic E-state index is -0.172. The van der Waals surface area contributed by atoms with E-state index < -0.39 is 0 Å². The van der Waals surface area contributed by atoms with Crippen LogP contribution in [0.1, 0.15) is 43.0 Å². The highest BCUT2D eigenvalue weighted by Gasteiger charge is 2.33. The lowest BCUT2D eigenvalue weighted by Gasteiger charge is -2.36. The van der Waals surface area contributed by atoms with Gasteiger partial charge in [-0.3, -0.25) is 0 Å². The number of likely N-dealkylation sites (N-methyl/N-ethyl adjacent to an activating group) is 1. The van der Waals surface area contributed by atoms with E-state index >= 15 is 0 Å². The number of benzene rings is 1. The normalized spacial score (nSPS) is 16.6. The lowest BCUT2D eigenvalue weighted by atomic mass is 9.85. The summed E-state index contributed by atoms with van der Waals surface area (Å²) >= 11 is 0. The monoisotopic (exact) mass is 235 g/mol. The average molecular weight is 235 g/mol. The van der Waals surface area contributed by atoms with Crippen LogP contribution in [-0.2, 0) is 4.74 Å². The molecule has 0 fully saturated rings. The maximum Gasteiger partial charge on any atom is 0.0841 e. The summed E-state index contributed by atoms with van der Waals surface area (Å²) in [5.74, 6) is 0. The van der Waals surface area contributed by atoms with Gasteiger partial charge in [-0.15, -0.1) is 0 Å². The number of aryl methyl sites for hydroxylation is 2. The molecule has 17 heavy (non-hydrogen) atoms. The van der Waals surface area contributed by atoms with Crippen LogP contribution in [0.25, 0.3) is 0 Å². The van der Waals surface area contributed by atoms with Crippen molar-refractivity contribution in [3.05, 3.63) is 34.9 Å². The van der Waals surface area contributed by atoms with Crippen molar-refractivity contribution in [2.75, 3.05) is 14.2 Å². The zero-order chi connectivity index (χ0) is 13.1. The van der Waals surface area contributed by atoms with Gasteiger partial charge in [0.2, 0.25) is 0 Å². The number of hydrogen-bond donors (Lipinski definition) is 1. The molecule has 0 saturated heterocycles. The van der Waals surface area contributed by atoms with Crippen molar-refractivity contribution in [1.29, 1.82) is 0 Å². The summed E-state index contributed by atoms with van der Waals surface area (Å²) < 4.78 is 5.72. The summed E-state index contributed by atoms with van der Waals surface area (Å²) in [6, 6.07) is 6.82. The minimum absolute atomic E-state index is 0.172. The van der Waals surface area contributed by atoms with E-state index in [2.05, 4.69) is 51.2 Å². The first-order valence-corrected chi connectivity index (χ1v) is 6.28. The van der Waals surface area contributed by atoms with Crippen LogP contribution in [0.15, 0.2) is 18.2 Å². The summed E-state index contributed by atoms with van der Waals surface area (Å²) in [4.78, 5) is 0. The fourth-order valence-corrected chi connectivity index (χ4v) is 2.41. The average Bonchev–Trinajstić information content (AvgIpc) is 2.32. The maximum atomic E-state index is 5.72. The first-order valence-electron chi connectivity index (χ1n) is 6.28. The van der Waals surface area contributed by atoms with Gasteiger partial charge in [-0.25, -0.2) is 0 Å². The molecule has 1 aromatic rings. The lowest BCUT2D eigenvalue weighted by molar-refractivity contribution is -0.0282. The number of methoxy groups -OCH3 is 1. The maximum absolute atomic E-state index is 5.72. The Morgan fingerprint density at radius 1 is 1.35 bits per heavy atom. The fraction of sp³-hybridized carbons (Fsp3) is 0.600. The minimum Gasteiger partial charge on any atom is -0.377 e. The van der Waals surface area contributed by atoms with Gasteiger partial charge in [0.15, 0.2) is 0 Å². The van der Waals surface area contributed by atoms with Crippen molar-refractivity contribution >= 4 is 0 Å². The van der Waals surface area contributed by atoms with E-state index in [0.717, 1.165) is 6.42 Å². The van der Waals surface area contributed by atoms with Crippen LogP contribution in [0, 0.1) is 13.8 Å². The van der Waals surface area contributed by atoms with Crippen molar-refractivity contribution in [2.24, 2.45) is 0 Å². The molecule has 0 aliphatic carbocycles. The highest BCUT2D eigenvalue weighted by atomic mass is 16.5. The topological polar surface area (TPSA) is 21.3 Å². The van der Waals surface area contributed by atoms with Crippen LogP contribution in [0.4, 0.5) is 0 Å².